The summed E-state index contributed by atoms with van der Waals surface area (Å²) in [6, 6.07) is -0.565. The molecule has 2 amide bonds. The summed E-state index contributed by atoms with van der Waals surface area (Å²) >= 11 is 0. The van der Waals surface area contributed by atoms with Crippen LogP contribution in [0.5, 0.6) is 0 Å². The molecule has 0 aromatic carbocycles. The fourth-order valence-electron chi connectivity index (χ4n) is 3.99. The van der Waals surface area contributed by atoms with Crippen molar-refractivity contribution in [3.05, 3.63) is 29.1 Å². The van der Waals surface area contributed by atoms with Gasteiger partial charge in [-0.05, 0) is 25.6 Å². The summed E-state index contributed by atoms with van der Waals surface area (Å²) in [6.45, 7) is 7.02. The van der Waals surface area contributed by atoms with Crippen molar-refractivity contribution >= 4 is 17.7 Å². The normalized spacial score (nSPS) is 20.3. The maximum atomic E-state index is 15.5. The first-order chi connectivity index (χ1) is 14.2. The Morgan fingerprint density at radius 2 is 2.03 bits per heavy atom. The first-order valence-corrected chi connectivity index (χ1v) is 10.1. The number of rotatable bonds is 3. The van der Waals surface area contributed by atoms with Crippen LogP contribution in [0.4, 0.5) is 25.3 Å². The molecule has 4 rings (SSSR count). The second kappa shape index (κ2) is 7.24. The van der Waals surface area contributed by atoms with Crippen LogP contribution in [0.25, 0.3) is 0 Å². The van der Waals surface area contributed by atoms with Crippen molar-refractivity contribution in [1.29, 1.82) is 0 Å². The predicted octanol–water partition coefficient (Wildman–Crippen LogP) is 2.46. The number of anilines is 2. The number of aryl methyl sites for hydroxylation is 1. The number of hydrogen-bond donors (Lipinski definition) is 2. The Bertz CT molecular complexity index is 967. The van der Waals surface area contributed by atoms with E-state index < -0.39 is 22.1 Å². The van der Waals surface area contributed by atoms with Crippen molar-refractivity contribution in [2.45, 2.75) is 39.3 Å². The van der Waals surface area contributed by atoms with E-state index in [1.807, 2.05) is 32.7 Å². The van der Waals surface area contributed by atoms with Gasteiger partial charge in [0.05, 0.1) is 37.1 Å². The van der Waals surface area contributed by atoms with Gasteiger partial charge < -0.3 is 5.32 Å². The summed E-state index contributed by atoms with van der Waals surface area (Å²) in [4.78, 5) is 24.8. The lowest BCUT2D eigenvalue weighted by Crippen LogP contribution is -2.62. The van der Waals surface area contributed by atoms with E-state index >= 15 is 4.48 Å². The van der Waals surface area contributed by atoms with Gasteiger partial charge in [0.15, 0.2) is 17.5 Å². The first kappa shape index (κ1) is 20.6. The number of urea groups is 1. The number of carbonyl (C=O) groups is 1. The molecule has 0 atom stereocenters. The molecule has 0 saturated carbocycles. The number of amides is 2. The zero-order chi connectivity index (χ0) is 21.7. The van der Waals surface area contributed by atoms with Crippen molar-refractivity contribution in [2.24, 2.45) is 0 Å². The molecule has 0 radical (unpaired) electrons. The molecule has 2 aromatic heterocycles. The molecule has 4 heterocycles. The summed E-state index contributed by atoms with van der Waals surface area (Å²) in [5.74, 6) is 0.297. The number of aromatic amines is 1. The van der Waals surface area contributed by atoms with Crippen molar-refractivity contribution in [3.63, 3.8) is 0 Å². The van der Waals surface area contributed by atoms with E-state index in [0.717, 1.165) is 6.20 Å². The molecule has 0 bridgehead atoms. The van der Waals surface area contributed by atoms with Crippen LogP contribution in [0.3, 0.4) is 0 Å². The van der Waals surface area contributed by atoms with Crippen LogP contribution in [-0.4, -0.2) is 73.9 Å². The zero-order valence-electron chi connectivity index (χ0n) is 17.7. The highest BCUT2D eigenvalue weighted by molar-refractivity contribution is 5.71. The monoisotopic (exact) mass is 421 g/mol. The van der Waals surface area contributed by atoms with Gasteiger partial charge in [0.25, 0.3) is 0 Å². The third kappa shape index (κ3) is 3.31. The van der Waals surface area contributed by atoms with Crippen LogP contribution in [0.1, 0.15) is 37.9 Å². The smallest absolute Gasteiger partial charge is 0.321 e. The molecule has 0 aliphatic carbocycles. The van der Waals surface area contributed by atoms with E-state index in [0.29, 0.717) is 42.4 Å². The largest absolute Gasteiger partial charge is 0.458 e. The summed E-state index contributed by atoms with van der Waals surface area (Å²) in [6.07, 6.45) is 1.68. The van der Waals surface area contributed by atoms with E-state index in [1.165, 1.54) is 4.90 Å². The van der Waals surface area contributed by atoms with Gasteiger partial charge in [-0.3, -0.25) is 14.9 Å². The lowest BCUT2D eigenvalue weighted by atomic mass is 10.0. The molecule has 2 aliphatic heterocycles. The lowest BCUT2D eigenvalue weighted by Gasteiger charge is -2.38. The summed E-state index contributed by atoms with van der Waals surface area (Å²) < 4.78 is 28.5. The number of carbonyl (C=O) groups excluding carboxylic acids is 1. The minimum absolute atomic E-state index is 0.0202. The number of nitrogens with one attached hydrogen (secondary N) is 2. The number of halogens is 2. The maximum absolute atomic E-state index is 15.5. The van der Waals surface area contributed by atoms with Gasteiger partial charge in [-0.1, -0.05) is 6.92 Å². The SMILES string of the molecule is CCc1ncc(F)c(Nc2n[nH]c3c2CN(C(=O)[N+]2(F)CCN(C)CC2)C3(C)C)n1. The Labute approximate surface area is 173 Å². The first-order valence-electron chi connectivity index (χ1n) is 10.1. The Balaban J connectivity index is 1.60. The van der Waals surface area contributed by atoms with Crippen molar-refractivity contribution in [1.82, 2.24) is 30.0 Å². The predicted molar refractivity (Wildman–Crippen MR) is 106 cm³/mol. The molecule has 2 aromatic rings. The quantitative estimate of drug-likeness (QED) is 0.740. The molecule has 162 valence electrons. The Kier molecular flexibility index (Phi) is 4.97. The molecule has 30 heavy (non-hydrogen) atoms. The highest BCUT2D eigenvalue weighted by atomic mass is 19.2. The number of piperazine rings is 1. The molecule has 0 unspecified atom stereocenters. The Morgan fingerprint density at radius 3 is 2.70 bits per heavy atom. The highest BCUT2D eigenvalue weighted by Crippen LogP contribution is 2.42. The molecular formula is C19H27F2N8O+. The summed E-state index contributed by atoms with van der Waals surface area (Å²) in [5, 5.41) is 10.1. The zero-order valence-corrected chi connectivity index (χ0v) is 17.7. The van der Waals surface area contributed by atoms with Gasteiger partial charge in [-0.2, -0.15) is 5.10 Å². The van der Waals surface area contributed by atoms with E-state index in [1.54, 1.807) is 0 Å². The second-order valence-electron chi connectivity index (χ2n) is 8.43. The van der Waals surface area contributed by atoms with Gasteiger partial charge >= 0.3 is 6.03 Å². The van der Waals surface area contributed by atoms with Crippen LogP contribution in [0, 0.1) is 5.82 Å². The third-order valence-electron chi connectivity index (χ3n) is 6.06. The lowest BCUT2D eigenvalue weighted by molar-refractivity contribution is -0.994. The van der Waals surface area contributed by atoms with Crippen LogP contribution < -0.4 is 5.32 Å². The number of likely N-dealkylation sites (N-methyl/N-ethyl adjacent to an activating group) is 1. The van der Waals surface area contributed by atoms with Gasteiger partial charge in [-0.25, -0.2) is 19.2 Å². The average Bonchev–Trinajstić information content (AvgIpc) is 3.23. The number of nitrogens with zero attached hydrogens (tertiary/aromatic N) is 6. The van der Waals surface area contributed by atoms with Crippen molar-refractivity contribution in [2.75, 3.05) is 38.5 Å². The topological polar surface area (TPSA) is 90.0 Å². The number of hydrogen-bond acceptors (Lipinski definition) is 6. The molecule has 1 fully saturated rings. The second-order valence-corrected chi connectivity index (χ2v) is 8.43. The third-order valence-corrected chi connectivity index (χ3v) is 6.06. The van der Waals surface area contributed by atoms with E-state index in [4.69, 9.17) is 0 Å². The number of H-pyrrole nitrogens is 1. The molecular weight excluding hydrogens is 394 g/mol. The van der Waals surface area contributed by atoms with Crippen LogP contribution in [0.15, 0.2) is 6.20 Å². The Hall–Kier alpha value is -2.66. The van der Waals surface area contributed by atoms with Crippen molar-refractivity contribution in [3.8, 4) is 0 Å². The molecule has 11 heteroatoms. The molecule has 9 nitrogen and oxygen atoms in total. The van der Waals surface area contributed by atoms with Crippen LogP contribution in [0.2, 0.25) is 0 Å². The van der Waals surface area contributed by atoms with E-state index in [-0.39, 0.29) is 25.5 Å². The fraction of sp³-hybridized carbons (Fsp3) is 0.579. The highest BCUT2D eigenvalue weighted by Gasteiger charge is 2.53. The number of quaternary nitrogens is 1. The van der Waals surface area contributed by atoms with Gasteiger partial charge in [0.2, 0.25) is 0 Å². The minimum Gasteiger partial charge on any atom is -0.321 e. The molecule has 1 saturated heterocycles. The van der Waals surface area contributed by atoms with E-state index in [9.17, 15) is 9.18 Å². The Morgan fingerprint density at radius 1 is 1.33 bits per heavy atom. The van der Waals surface area contributed by atoms with Crippen molar-refractivity contribution < 1.29 is 18.4 Å². The number of fused-ring (bicyclic) bond motifs is 1. The maximum Gasteiger partial charge on any atom is 0.458 e. The standard InChI is InChI=1S/C19H27F2N8O/c1-5-14-22-10-13(20)17(23-14)24-16-12-11-28(19(2,3)15(12)25-26-16)18(30)29(21)8-6-27(4)7-9-29/h10H,5-9,11H2,1-4H3,(H2,22,23,24,25,26)/q+1. The average molecular weight is 421 g/mol. The summed E-state index contributed by atoms with van der Waals surface area (Å²) in [7, 11) is 1.92. The van der Waals surface area contributed by atoms with Crippen LogP contribution in [-0.2, 0) is 18.5 Å². The molecule has 2 N–H and O–H groups in total. The minimum atomic E-state index is -1.12. The fourth-order valence-corrected chi connectivity index (χ4v) is 3.99. The van der Waals surface area contributed by atoms with Crippen LogP contribution >= 0.6 is 0 Å². The molecule has 2 aliphatic rings. The van der Waals surface area contributed by atoms with E-state index in [2.05, 4.69) is 25.5 Å². The molecule has 0 spiro atoms. The van der Waals surface area contributed by atoms with Gasteiger partial charge in [-0.15, -0.1) is 0 Å². The summed E-state index contributed by atoms with van der Waals surface area (Å²) in [5.41, 5.74) is 0.619. The number of aromatic nitrogens is 4. The van der Waals surface area contributed by atoms with Gasteiger partial charge in [0, 0.05) is 16.5 Å². The van der Waals surface area contributed by atoms with Gasteiger partial charge in [0.1, 0.15) is 18.9 Å².